The molecule has 2 N–H and O–H groups in total. The smallest absolute Gasteiger partial charge is 0.191 e. The second kappa shape index (κ2) is 10.6. The number of halogens is 1. The van der Waals surface area contributed by atoms with Crippen molar-refractivity contribution < 1.29 is 0 Å². The van der Waals surface area contributed by atoms with E-state index in [2.05, 4.69) is 58.7 Å². The highest BCUT2D eigenvalue weighted by Crippen LogP contribution is 2.10. The van der Waals surface area contributed by atoms with Gasteiger partial charge in [-0.05, 0) is 25.8 Å². The van der Waals surface area contributed by atoms with E-state index in [-0.39, 0.29) is 24.0 Å². The lowest BCUT2D eigenvalue weighted by molar-refractivity contribution is 0.782. The number of guanidine groups is 1. The summed E-state index contributed by atoms with van der Waals surface area (Å²) >= 11 is 1.75. The first-order chi connectivity index (χ1) is 10.7. The van der Waals surface area contributed by atoms with E-state index in [1.807, 2.05) is 6.20 Å². The zero-order valence-corrected chi connectivity index (χ0v) is 17.1. The lowest BCUT2D eigenvalue weighted by Gasteiger charge is -2.11. The summed E-state index contributed by atoms with van der Waals surface area (Å²) in [5.74, 6) is 0.848. The second-order valence-corrected chi connectivity index (χ2v) is 6.60. The van der Waals surface area contributed by atoms with Gasteiger partial charge in [-0.15, -0.1) is 35.3 Å². The van der Waals surface area contributed by atoms with E-state index in [9.17, 15) is 0 Å². The van der Waals surface area contributed by atoms with E-state index in [0.717, 1.165) is 31.9 Å². The minimum atomic E-state index is 0. The van der Waals surface area contributed by atoms with Crippen molar-refractivity contribution in [3.63, 3.8) is 0 Å². The van der Waals surface area contributed by atoms with E-state index in [1.54, 1.807) is 18.4 Å². The first-order valence-corrected chi connectivity index (χ1v) is 8.40. The molecule has 1 aromatic heterocycles. The van der Waals surface area contributed by atoms with E-state index in [4.69, 9.17) is 0 Å². The van der Waals surface area contributed by atoms with Crippen LogP contribution in [0.3, 0.4) is 0 Å². The maximum absolute atomic E-state index is 4.37. The summed E-state index contributed by atoms with van der Waals surface area (Å²) in [5, 5.41) is 7.85. The number of benzene rings is 1. The normalized spacial score (nSPS) is 11.0. The summed E-state index contributed by atoms with van der Waals surface area (Å²) in [6, 6.07) is 8.61. The first kappa shape index (κ1) is 19.9. The monoisotopic (exact) mass is 444 g/mol. The molecule has 0 aliphatic carbocycles. The molecule has 0 aliphatic rings. The van der Waals surface area contributed by atoms with Crippen LogP contribution in [0.15, 0.2) is 35.5 Å². The van der Waals surface area contributed by atoms with Gasteiger partial charge in [-0.25, -0.2) is 4.98 Å². The van der Waals surface area contributed by atoms with Crippen LogP contribution in [0.2, 0.25) is 0 Å². The fraction of sp³-hybridized carbons (Fsp3) is 0.412. The van der Waals surface area contributed by atoms with Crippen LogP contribution in [0.1, 0.15) is 21.0 Å². The van der Waals surface area contributed by atoms with Crippen LogP contribution in [0.4, 0.5) is 0 Å². The Morgan fingerprint density at radius 3 is 2.52 bits per heavy atom. The summed E-state index contributed by atoms with van der Waals surface area (Å²) in [7, 11) is 1.80. The van der Waals surface area contributed by atoms with Crippen molar-refractivity contribution in [2.45, 2.75) is 26.7 Å². The number of hydrogen-bond donors (Lipinski definition) is 2. The molecule has 0 bridgehead atoms. The van der Waals surface area contributed by atoms with Crippen LogP contribution in [-0.2, 0) is 12.8 Å². The molecule has 23 heavy (non-hydrogen) atoms. The summed E-state index contributed by atoms with van der Waals surface area (Å²) in [6.07, 6.45) is 3.85. The van der Waals surface area contributed by atoms with Crippen LogP contribution < -0.4 is 10.6 Å². The van der Waals surface area contributed by atoms with Gasteiger partial charge in [0.2, 0.25) is 0 Å². The van der Waals surface area contributed by atoms with Gasteiger partial charge in [0.05, 0.1) is 5.01 Å². The molecule has 0 saturated carbocycles. The number of nitrogens with zero attached hydrogens (tertiary/aromatic N) is 2. The van der Waals surface area contributed by atoms with E-state index in [0.29, 0.717) is 0 Å². The highest BCUT2D eigenvalue weighted by Gasteiger charge is 2.01. The van der Waals surface area contributed by atoms with Gasteiger partial charge in [0.25, 0.3) is 0 Å². The summed E-state index contributed by atoms with van der Waals surface area (Å²) < 4.78 is 0. The van der Waals surface area contributed by atoms with Crippen LogP contribution in [0.25, 0.3) is 0 Å². The third kappa shape index (κ3) is 7.30. The van der Waals surface area contributed by atoms with Crippen molar-refractivity contribution in [1.29, 1.82) is 0 Å². The fourth-order valence-electron chi connectivity index (χ4n) is 2.22. The Morgan fingerprint density at radius 1 is 1.17 bits per heavy atom. The molecule has 0 aliphatic heterocycles. The zero-order chi connectivity index (χ0) is 15.8. The number of aromatic nitrogens is 1. The molecule has 0 unspecified atom stereocenters. The summed E-state index contributed by atoms with van der Waals surface area (Å²) in [5.41, 5.74) is 2.65. The molecular weight excluding hydrogens is 419 g/mol. The van der Waals surface area contributed by atoms with Crippen LogP contribution >= 0.6 is 35.3 Å². The molecular formula is C17H25IN4S. The molecule has 0 fully saturated rings. The topological polar surface area (TPSA) is 49.3 Å². The van der Waals surface area contributed by atoms with Crippen molar-refractivity contribution in [2.24, 2.45) is 4.99 Å². The van der Waals surface area contributed by atoms with Gasteiger partial charge in [0, 0.05) is 37.6 Å². The van der Waals surface area contributed by atoms with Gasteiger partial charge in [0.15, 0.2) is 5.96 Å². The molecule has 6 heteroatoms. The van der Waals surface area contributed by atoms with Crippen molar-refractivity contribution in [3.05, 3.63) is 51.5 Å². The standard InChI is InChI=1S/C17H24N4S.HI/c1-13-5-4-6-15(11-13)7-9-19-17(18-3)20-10-8-16-21-12-14(2)22-16;/h4-6,11-12H,7-10H2,1-3H3,(H2,18,19,20);1H. The number of nitrogens with one attached hydrogen (secondary N) is 2. The molecule has 0 amide bonds. The van der Waals surface area contributed by atoms with E-state index >= 15 is 0 Å². The van der Waals surface area contributed by atoms with Crippen LogP contribution in [0, 0.1) is 13.8 Å². The SMILES string of the molecule is CN=C(NCCc1cccc(C)c1)NCCc1ncc(C)s1.I. The molecule has 0 saturated heterocycles. The average Bonchev–Trinajstić information content (AvgIpc) is 2.91. The Morgan fingerprint density at radius 2 is 1.91 bits per heavy atom. The Balaban J connectivity index is 0.00000264. The molecule has 1 aromatic carbocycles. The van der Waals surface area contributed by atoms with Crippen molar-refractivity contribution in [1.82, 2.24) is 15.6 Å². The maximum atomic E-state index is 4.37. The maximum Gasteiger partial charge on any atom is 0.191 e. The Labute approximate surface area is 159 Å². The van der Waals surface area contributed by atoms with Crippen LogP contribution in [0.5, 0.6) is 0 Å². The molecule has 0 spiro atoms. The Kier molecular flexibility index (Phi) is 9.16. The molecule has 1 heterocycles. The van der Waals surface area contributed by atoms with Gasteiger partial charge in [0.1, 0.15) is 0 Å². The summed E-state index contributed by atoms with van der Waals surface area (Å²) in [6.45, 7) is 5.93. The van der Waals surface area contributed by atoms with E-state index in [1.165, 1.54) is 21.0 Å². The highest BCUT2D eigenvalue weighted by molar-refractivity contribution is 14.0. The fourth-order valence-corrected chi connectivity index (χ4v) is 3.00. The molecule has 4 nitrogen and oxygen atoms in total. The third-order valence-electron chi connectivity index (χ3n) is 3.31. The lowest BCUT2D eigenvalue weighted by atomic mass is 10.1. The summed E-state index contributed by atoms with van der Waals surface area (Å²) in [4.78, 5) is 9.88. The number of aryl methyl sites for hydroxylation is 2. The van der Waals surface area contributed by atoms with Gasteiger partial charge in [-0.1, -0.05) is 29.8 Å². The quantitative estimate of drug-likeness (QED) is 0.408. The second-order valence-electron chi connectivity index (χ2n) is 5.28. The van der Waals surface area contributed by atoms with Gasteiger partial charge < -0.3 is 10.6 Å². The van der Waals surface area contributed by atoms with Gasteiger partial charge >= 0.3 is 0 Å². The Hall–Kier alpha value is -1.15. The molecule has 0 radical (unpaired) electrons. The Bertz CT molecular complexity index is 625. The van der Waals surface area contributed by atoms with Gasteiger partial charge in [-0.2, -0.15) is 0 Å². The lowest BCUT2D eigenvalue weighted by Crippen LogP contribution is -2.39. The van der Waals surface area contributed by atoms with Gasteiger partial charge in [-0.3, -0.25) is 4.99 Å². The predicted octanol–water partition coefficient (Wildman–Crippen LogP) is 3.33. The molecule has 2 rings (SSSR count). The van der Waals surface area contributed by atoms with E-state index < -0.39 is 0 Å². The minimum absolute atomic E-state index is 0. The number of aliphatic imine (C=N–C) groups is 1. The zero-order valence-electron chi connectivity index (χ0n) is 13.9. The number of thiazole rings is 1. The van der Waals surface area contributed by atoms with Crippen LogP contribution in [-0.4, -0.2) is 31.1 Å². The largest absolute Gasteiger partial charge is 0.356 e. The minimum Gasteiger partial charge on any atom is -0.356 e. The molecule has 0 atom stereocenters. The predicted molar refractivity (Wildman–Crippen MR) is 110 cm³/mol. The van der Waals surface area contributed by atoms with Crippen molar-refractivity contribution in [3.8, 4) is 0 Å². The highest BCUT2D eigenvalue weighted by atomic mass is 127. The van der Waals surface area contributed by atoms with Crippen molar-refractivity contribution in [2.75, 3.05) is 20.1 Å². The molecule has 2 aromatic rings. The first-order valence-electron chi connectivity index (χ1n) is 7.59. The van der Waals surface area contributed by atoms with Crippen molar-refractivity contribution >= 4 is 41.3 Å². The number of hydrogen-bond acceptors (Lipinski definition) is 3. The number of rotatable bonds is 6. The third-order valence-corrected chi connectivity index (χ3v) is 4.29. The molecule has 126 valence electrons. The average molecular weight is 444 g/mol.